The van der Waals surface area contributed by atoms with Crippen LogP contribution in [0.3, 0.4) is 0 Å². The molecule has 0 radical (unpaired) electrons. The number of aromatic carboxylic acids is 1. The first kappa shape index (κ1) is 20.5. The van der Waals surface area contributed by atoms with Gasteiger partial charge in [-0.15, -0.1) is 0 Å². The van der Waals surface area contributed by atoms with Crippen LogP contribution in [0.1, 0.15) is 34.3 Å². The van der Waals surface area contributed by atoms with E-state index in [4.69, 9.17) is 9.47 Å². The Morgan fingerprint density at radius 3 is 1.55 bits per heavy atom. The number of hydrogen-bond acceptors (Lipinski definition) is 3. The Labute approximate surface area is 171 Å². The number of ether oxygens (including phenoxy) is 2. The summed E-state index contributed by atoms with van der Waals surface area (Å²) >= 11 is 0. The second-order valence-corrected chi connectivity index (χ2v) is 6.87. The van der Waals surface area contributed by atoms with Gasteiger partial charge in [-0.3, -0.25) is 0 Å². The van der Waals surface area contributed by atoms with Crippen LogP contribution in [0.4, 0.5) is 0 Å². The van der Waals surface area contributed by atoms with E-state index in [1.165, 1.54) is 11.1 Å². The highest BCUT2D eigenvalue weighted by molar-refractivity contribution is 5.88. The highest BCUT2D eigenvalue weighted by Crippen LogP contribution is 2.24. The lowest BCUT2D eigenvalue weighted by atomic mass is 10.1. The Morgan fingerprint density at radius 2 is 1.14 bits per heavy atom. The molecule has 3 rings (SSSR count). The molecule has 29 heavy (non-hydrogen) atoms. The van der Waals surface area contributed by atoms with Crippen LogP contribution in [0.15, 0.2) is 78.9 Å². The van der Waals surface area contributed by atoms with Gasteiger partial charge in [-0.25, -0.2) is 4.79 Å². The van der Waals surface area contributed by atoms with Crippen molar-refractivity contribution in [1.29, 1.82) is 0 Å². The first-order valence-electron chi connectivity index (χ1n) is 9.92. The van der Waals surface area contributed by atoms with Crippen molar-refractivity contribution in [3.63, 3.8) is 0 Å². The van der Waals surface area contributed by atoms with Crippen LogP contribution in [-0.2, 0) is 12.8 Å². The highest BCUT2D eigenvalue weighted by Gasteiger charge is 2.09. The minimum atomic E-state index is -0.992. The SMILES string of the molecule is O=C(O)c1cc(OCCCc2ccccc2)cc(OCCCc2ccccc2)c1. The van der Waals surface area contributed by atoms with E-state index >= 15 is 0 Å². The lowest BCUT2D eigenvalue weighted by Gasteiger charge is -2.11. The van der Waals surface area contributed by atoms with Crippen molar-refractivity contribution in [2.45, 2.75) is 25.7 Å². The maximum absolute atomic E-state index is 11.4. The number of hydrogen-bond donors (Lipinski definition) is 1. The summed E-state index contributed by atoms with van der Waals surface area (Å²) in [4.78, 5) is 11.4. The van der Waals surface area contributed by atoms with E-state index < -0.39 is 5.97 Å². The Bertz CT molecular complexity index is 825. The van der Waals surface area contributed by atoms with Crippen LogP contribution in [0.2, 0.25) is 0 Å². The average Bonchev–Trinajstić information content (AvgIpc) is 2.76. The van der Waals surface area contributed by atoms with Gasteiger partial charge in [-0.05, 0) is 48.9 Å². The molecule has 0 heterocycles. The standard InChI is InChI=1S/C25H26O4/c26-25(27)22-17-23(28-15-7-13-20-9-3-1-4-10-20)19-24(18-22)29-16-8-14-21-11-5-2-6-12-21/h1-6,9-12,17-19H,7-8,13-16H2,(H,26,27). The van der Waals surface area contributed by atoms with Crippen molar-refractivity contribution >= 4 is 5.97 Å². The van der Waals surface area contributed by atoms with Crippen molar-refractivity contribution in [2.24, 2.45) is 0 Å². The third-order valence-electron chi connectivity index (χ3n) is 4.57. The van der Waals surface area contributed by atoms with E-state index in [-0.39, 0.29) is 5.56 Å². The number of aryl methyl sites for hydroxylation is 2. The van der Waals surface area contributed by atoms with E-state index in [0.717, 1.165) is 25.7 Å². The molecule has 1 N–H and O–H groups in total. The van der Waals surface area contributed by atoms with Gasteiger partial charge in [0, 0.05) is 6.07 Å². The van der Waals surface area contributed by atoms with Gasteiger partial charge in [0.25, 0.3) is 0 Å². The molecule has 0 saturated heterocycles. The van der Waals surface area contributed by atoms with Crippen LogP contribution in [-0.4, -0.2) is 24.3 Å². The van der Waals surface area contributed by atoms with Crippen molar-refractivity contribution in [1.82, 2.24) is 0 Å². The molecule has 3 aromatic rings. The maximum atomic E-state index is 11.4. The van der Waals surface area contributed by atoms with E-state index in [9.17, 15) is 9.90 Å². The first-order chi connectivity index (χ1) is 14.2. The van der Waals surface area contributed by atoms with Crippen LogP contribution in [0.5, 0.6) is 11.5 Å². The van der Waals surface area contributed by atoms with E-state index in [1.54, 1.807) is 18.2 Å². The zero-order chi connectivity index (χ0) is 20.3. The van der Waals surface area contributed by atoms with Gasteiger partial charge < -0.3 is 14.6 Å². The normalized spacial score (nSPS) is 10.5. The molecule has 4 heteroatoms. The van der Waals surface area contributed by atoms with Gasteiger partial charge in [0.15, 0.2) is 0 Å². The lowest BCUT2D eigenvalue weighted by molar-refractivity contribution is 0.0695. The van der Waals surface area contributed by atoms with Gasteiger partial charge >= 0.3 is 5.97 Å². The molecule has 0 aliphatic carbocycles. The Morgan fingerprint density at radius 1 is 0.690 bits per heavy atom. The molecular formula is C25H26O4. The molecule has 0 aromatic heterocycles. The van der Waals surface area contributed by atoms with Gasteiger partial charge in [0.1, 0.15) is 11.5 Å². The fourth-order valence-electron chi connectivity index (χ4n) is 3.08. The van der Waals surface area contributed by atoms with Crippen molar-refractivity contribution in [2.75, 3.05) is 13.2 Å². The molecule has 4 nitrogen and oxygen atoms in total. The van der Waals surface area contributed by atoms with Crippen LogP contribution in [0.25, 0.3) is 0 Å². The Kier molecular flexibility index (Phi) is 7.70. The molecule has 150 valence electrons. The molecule has 0 fully saturated rings. The van der Waals surface area contributed by atoms with Crippen molar-refractivity contribution < 1.29 is 19.4 Å². The molecule has 3 aromatic carbocycles. The summed E-state index contributed by atoms with van der Waals surface area (Å²) in [6.07, 6.45) is 3.55. The van der Waals surface area contributed by atoms with Gasteiger partial charge in [0.2, 0.25) is 0 Å². The fourth-order valence-corrected chi connectivity index (χ4v) is 3.08. The molecular weight excluding hydrogens is 364 g/mol. The number of benzene rings is 3. The monoisotopic (exact) mass is 390 g/mol. The van der Waals surface area contributed by atoms with Crippen molar-refractivity contribution in [3.8, 4) is 11.5 Å². The smallest absolute Gasteiger partial charge is 0.335 e. The van der Waals surface area contributed by atoms with Gasteiger partial charge in [0.05, 0.1) is 18.8 Å². The molecule has 0 spiro atoms. The van der Waals surface area contributed by atoms with Gasteiger partial charge in [-0.2, -0.15) is 0 Å². The third kappa shape index (κ3) is 7.00. The summed E-state index contributed by atoms with van der Waals surface area (Å²) in [6, 6.07) is 25.3. The Hall–Kier alpha value is -3.27. The predicted octanol–water partition coefficient (Wildman–Crippen LogP) is 5.41. The second kappa shape index (κ2) is 10.9. The minimum Gasteiger partial charge on any atom is -0.493 e. The lowest BCUT2D eigenvalue weighted by Crippen LogP contribution is -2.04. The summed E-state index contributed by atoms with van der Waals surface area (Å²) < 4.78 is 11.6. The van der Waals surface area contributed by atoms with Crippen molar-refractivity contribution in [3.05, 3.63) is 95.6 Å². The average molecular weight is 390 g/mol. The number of carboxylic acid groups (broad SMARTS) is 1. The second-order valence-electron chi connectivity index (χ2n) is 6.87. The topological polar surface area (TPSA) is 55.8 Å². The Balaban J connectivity index is 1.50. The summed E-state index contributed by atoms with van der Waals surface area (Å²) in [5.41, 5.74) is 2.69. The summed E-state index contributed by atoms with van der Waals surface area (Å²) in [5, 5.41) is 9.36. The zero-order valence-corrected chi connectivity index (χ0v) is 16.4. The number of carbonyl (C=O) groups is 1. The zero-order valence-electron chi connectivity index (χ0n) is 16.4. The van der Waals surface area contributed by atoms with Crippen LogP contribution in [0, 0.1) is 0 Å². The molecule has 0 amide bonds. The highest BCUT2D eigenvalue weighted by atomic mass is 16.5. The minimum absolute atomic E-state index is 0.170. The molecule has 0 aliphatic heterocycles. The molecule has 0 bridgehead atoms. The molecule has 0 unspecified atom stereocenters. The van der Waals surface area contributed by atoms with E-state index in [2.05, 4.69) is 24.3 Å². The first-order valence-corrected chi connectivity index (χ1v) is 9.92. The molecule has 0 saturated carbocycles. The molecule has 0 atom stereocenters. The van der Waals surface area contributed by atoms with E-state index in [0.29, 0.717) is 24.7 Å². The summed E-state index contributed by atoms with van der Waals surface area (Å²) in [6.45, 7) is 1.04. The van der Waals surface area contributed by atoms with Crippen LogP contribution >= 0.6 is 0 Å². The largest absolute Gasteiger partial charge is 0.493 e. The molecule has 0 aliphatic rings. The number of rotatable bonds is 11. The van der Waals surface area contributed by atoms with Crippen LogP contribution < -0.4 is 9.47 Å². The summed E-state index contributed by atoms with van der Waals surface area (Å²) in [7, 11) is 0. The predicted molar refractivity (Wildman–Crippen MR) is 114 cm³/mol. The van der Waals surface area contributed by atoms with E-state index in [1.807, 2.05) is 36.4 Å². The third-order valence-corrected chi connectivity index (χ3v) is 4.57. The maximum Gasteiger partial charge on any atom is 0.335 e. The van der Waals surface area contributed by atoms with Gasteiger partial charge in [-0.1, -0.05) is 60.7 Å². The summed E-state index contributed by atoms with van der Waals surface area (Å²) in [5.74, 6) is 0.0564. The number of carboxylic acids is 1. The quantitative estimate of drug-likeness (QED) is 0.445. The fraction of sp³-hybridized carbons (Fsp3) is 0.240.